The van der Waals surface area contributed by atoms with Crippen LogP contribution in [-0.2, 0) is 23.0 Å². The lowest BCUT2D eigenvalue weighted by atomic mass is 10.0. The molecule has 4 rings (SSSR count). The molecule has 3 aromatic rings. The number of ether oxygens (including phenoxy) is 1. The van der Waals surface area contributed by atoms with Crippen LogP contribution in [0.1, 0.15) is 12.0 Å². The van der Waals surface area contributed by atoms with Crippen LogP contribution in [-0.4, -0.2) is 42.3 Å². The maximum absolute atomic E-state index is 12.5. The largest absolute Gasteiger partial charge is 0.419 e. The topological polar surface area (TPSA) is 109 Å². The second kappa shape index (κ2) is 9.57. The molecule has 2 aromatic carbocycles. The Morgan fingerprint density at radius 1 is 1.34 bits per heavy atom. The maximum atomic E-state index is 12.5. The molecule has 0 bridgehead atoms. The number of carbonyl (C=O) groups is 1. The van der Waals surface area contributed by atoms with E-state index < -0.39 is 17.9 Å². The van der Waals surface area contributed by atoms with E-state index in [-0.39, 0.29) is 12.3 Å². The van der Waals surface area contributed by atoms with Crippen molar-refractivity contribution in [3.8, 4) is 17.2 Å². The predicted molar refractivity (Wildman–Crippen MR) is 120 cm³/mol. The third kappa shape index (κ3) is 4.70. The number of aryl methyl sites for hydroxylation is 1. The average Bonchev–Trinajstić information content (AvgIpc) is 2.97. The molecular weight excluding hydrogens is 432 g/mol. The minimum Gasteiger partial charge on any atom is -0.408 e. The lowest BCUT2D eigenvalue weighted by molar-refractivity contribution is -0.132. The fourth-order valence-electron chi connectivity index (χ4n) is 3.70. The van der Waals surface area contributed by atoms with Gasteiger partial charge in [0.1, 0.15) is 12.1 Å². The summed E-state index contributed by atoms with van der Waals surface area (Å²) in [5, 5.41) is 15.9. The molecule has 2 N–H and O–H groups in total. The van der Waals surface area contributed by atoms with Gasteiger partial charge < -0.3 is 19.8 Å². The SMILES string of the molecule is Cn1c(=O)oc2ccc(-c3ccc(CC(C#N)NC(=O)C4CNCCCO4)c(Cl)c3)cc21. The van der Waals surface area contributed by atoms with Gasteiger partial charge in [0.15, 0.2) is 5.58 Å². The molecule has 166 valence electrons. The number of nitrogens with zero attached hydrogens (tertiary/aromatic N) is 2. The zero-order chi connectivity index (χ0) is 22.7. The van der Waals surface area contributed by atoms with Crippen LogP contribution in [0.15, 0.2) is 45.6 Å². The summed E-state index contributed by atoms with van der Waals surface area (Å²) in [5.74, 6) is -0.724. The highest BCUT2D eigenvalue weighted by molar-refractivity contribution is 6.31. The highest BCUT2D eigenvalue weighted by atomic mass is 35.5. The first-order valence-electron chi connectivity index (χ1n) is 10.4. The Kier molecular flexibility index (Phi) is 6.61. The highest BCUT2D eigenvalue weighted by Crippen LogP contribution is 2.28. The third-order valence-corrected chi connectivity index (χ3v) is 5.87. The standard InChI is InChI=1S/C23H23ClN4O4/c1-28-19-11-15(5-6-20(19)32-23(28)30)14-3-4-16(18(24)10-14)9-17(12-25)27-22(29)21-13-26-7-2-8-31-21/h3-6,10-11,17,21,26H,2,7-9,13H2,1H3,(H,27,29). The summed E-state index contributed by atoms with van der Waals surface area (Å²) in [6, 6.07) is 12.4. The van der Waals surface area contributed by atoms with Gasteiger partial charge in [0.2, 0.25) is 0 Å². The normalized spacial score (nSPS) is 17.5. The van der Waals surface area contributed by atoms with E-state index >= 15 is 0 Å². The first-order valence-corrected chi connectivity index (χ1v) is 10.7. The molecule has 0 radical (unpaired) electrons. The molecule has 1 aliphatic rings. The molecule has 1 aliphatic heterocycles. The summed E-state index contributed by atoms with van der Waals surface area (Å²) >= 11 is 6.51. The first kappa shape index (κ1) is 22.1. The average molecular weight is 455 g/mol. The van der Waals surface area contributed by atoms with Gasteiger partial charge in [-0.25, -0.2) is 4.79 Å². The molecule has 2 atom stereocenters. The van der Waals surface area contributed by atoms with Gasteiger partial charge in [0.25, 0.3) is 5.91 Å². The van der Waals surface area contributed by atoms with Crippen molar-refractivity contribution in [3.05, 3.63) is 57.5 Å². The number of rotatable bonds is 5. The molecule has 1 amide bonds. The second-order valence-electron chi connectivity index (χ2n) is 7.73. The molecule has 0 aliphatic carbocycles. The van der Waals surface area contributed by atoms with E-state index in [1.165, 1.54) is 4.57 Å². The Labute approximate surface area is 189 Å². The van der Waals surface area contributed by atoms with Crippen molar-refractivity contribution in [2.75, 3.05) is 19.7 Å². The van der Waals surface area contributed by atoms with Crippen LogP contribution in [0.3, 0.4) is 0 Å². The van der Waals surface area contributed by atoms with Gasteiger partial charge in [0.05, 0.1) is 11.6 Å². The van der Waals surface area contributed by atoms with Crippen molar-refractivity contribution in [1.29, 1.82) is 5.26 Å². The van der Waals surface area contributed by atoms with E-state index in [9.17, 15) is 14.9 Å². The number of nitriles is 1. The van der Waals surface area contributed by atoms with Crippen molar-refractivity contribution in [1.82, 2.24) is 15.2 Å². The van der Waals surface area contributed by atoms with E-state index in [1.54, 1.807) is 13.1 Å². The van der Waals surface area contributed by atoms with Gasteiger partial charge in [0, 0.05) is 31.6 Å². The van der Waals surface area contributed by atoms with E-state index in [2.05, 4.69) is 16.7 Å². The van der Waals surface area contributed by atoms with Crippen LogP contribution in [0.25, 0.3) is 22.2 Å². The van der Waals surface area contributed by atoms with Crippen LogP contribution in [0.4, 0.5) is 0 Å². The smallest absolute Gasteiger partial charge is 0.408 e. The Hall–Kier alpha value is -3.12. The number of hydrogen-bond donors (Lipinski definition) is 2. The van der Waals surface area contributed by atoms with Crippen LogP contribution in [0.5, 0.6) is 0 Å². The quantitative estimate of drug-likeness (QED) is 0.612. The van der Waals surface area contributed by atoms with Crippen molar-refractivity contribution in [2.45, 2.75) is 25.0 Å². The zero-order valence-electron chi connectivity index (χ0n) is 17.6. The fourth-order valence-corrected chi connectivity index (χ4v) is 3.95. The molecule has 9 heteroatoms. The summed E-state index contributed by atoms with van der Waals surface area (Å²) < 4.78 is 12.2. The van der Waals surface area contributed by atoms with Gasteiger partial charge in [-0.15, -0.1) is 0 Å². The van der Waals surface area contributed by atoms with E-state index in [4.69, 9.17) is 20.8 Å². The first-order chi connectivity index (χ1) is 15.5. The molecular formula is C23H23ClN4O4. The predicted octanol–water partition coefficient (Wildman–Crippen LogP) is 2.38. The van der Waals surface area contributed by atoms with Gasteiger partial charge in [-0.3, -0.25) is 9.36 Å². The molecule has 2 unspecified atom stereocenters. The molecule has 8 nitrogen and oxygen atoms in total. The zero-order valence-corrected chi connectivity index (χ0v) is 18.3. The Bertz CT molecular complexity index is 1240. The summed E-state index contributed by atoms with van der Waals surface area (Å²) in [6.45, 7) is 1.73. The summed E-state index contributed by atoms with van der Waals surface area (Å²) in [4.78, 5) is 24.2. The Morgan fingerprint density at radius 3 is 2.91 bits per heavy atom. The molecule has 1 fully saturated rings. The van der Waals surface area contributed by atoms with Gasteiger partial charge in [-0.05, 0) is 47.9 Å². The Morgan fingerprint density at radius 2 is 2.12 bits per heavy atom. The highest BCUT2D eigenvalue weighted by Gasteiger charge is 2.24. The number of fused-ring (bicyclic) bond motifs is 1. The monoisotopic (exact) mass is 454 g/mol. The van der Waals surface area contributed by atoms with Gasteiger partial charge in [-0.1, -0.05) is 29.8 Å². The van der Waals surface area contributed by atoms with Gasteiger partial charge in [-0.2, -0.15) is 5.26 Å². The van der Waals surface area contributed by atoms with Gasteiger partial charge >= 0.3 is 5.76 Å². The number of aromatic nitrogens is 1. The van der Waals surface area contributed by atoms with Crippen molar-refractivity contribution in [3.63, 3.8) is 0 Å². The summed E-state index contributed by atoms with van der Waals surface area (Å²) in [5.41, 5.74) is 3.70. The number of oxazole rings is 1. The van der Waals surface area contributed by atoms with Crippen LogP contribution < -0.4 is 16.4 Å². The van der Waals surface area contributed by atoms with Crippen LogP contribution in [0, 0.1) is 11.3 Å². The van der Waals surface area contributed by atoms with E-state index in [0.29, 0.717) is 29.3 Å². The third-order valence-electron chi connectivity index (χ3n) is 5.51. The number of hydrogen-bond acceptors (Lipinski definition) is 6. The molecule has 0 saturated carbocycles. The van der Waals surface area contributed by atoms with Crippen molar-refractivity contribution < 1.29 is 13.9 Å². The number of carbonyl (C=O) groups excluding carboxylic acids is 1. The number of benzene rings is 2. The minimum absolute atomic E-state index is 0.275. The van der Waals surface area contributed by atoms with Crippen LogP contribution >= 0.6 is 11.6 Å². The summed E-state index contributed by atoms with van der Waals surface area (Å²) in [7, 11) is 1.65. The molecule has 1 aromatic heterocycles. The summed E-state index contributed by atoms with van der Waals surface area (Å²) in [6.07, 6.45) is 0.508. The molecule has 1 saturated heterocycles. The van der Waals surface area contributed by atoms with E-state index in [0.717, 1.165) is 29.7 Å². The lowest BCUT2D eigenvalue weighted by Crippen LogP contribution is -2.46. The number of nitrogens with one attached hydrogen (secondary N) is 2. The number of amides is 1. The lowest BCUT2D eigenvalue weighted by Gasteiger charge is -2.18. The Balaban J connectivity index is 1.49. The number of halogens is 1. The maximum Gasteiger partial charge on any atom is 0.419 e. The second-order valence-corrected chi connectivity index (χ2v) is 8.13. The fraction of sp³-hybridized carbons (Fsp3) is 0.348. The van der Waals surface area contributed by atoms with Crippen LogP contribution in [0.2, 0.25) is 5.02 Å². The van der Waals surface area contributed by atoms with Crippen molar-refractivity contribution >= 4 is 28.6 Å². The molecule has 0 spiro atoms. The minimum atomic E-state index is -0.727. The van der Waals surface area contributed by atoms with Crippen molar-refractivity contribution in [2.24, 2.45) is 7.05 Å². The molecule has 2 heterocycles. The molecule has 32 heavy (non-hydrogen) atoms. The van der Waals surface area contributed by atoms with E-state index in [1.807, 2.05) is 30.3 Å².